The number of carbonyl (C=O) groups is 1. The van der Waals surface area contributed by atoms with Gasteiger partial charge >= 0.3 is 0 Å². The summed E-state index contributed by atoms with van der Waals surface area (Å²) in [5, 5.41) is 9.33. The quantitative estimate of drug-likeness (QED) is 0.304. The van der Waals surface area contributed by atoms with Crippen molar-refractivity contribution in [2.24, 2.45) is 0 Å². The number of thiazole rings is 1. The van der Waals surface area contributed by atoms with E-state index in [2.05, 4.69) is 20.1 Å². The third-order valence-corrected chi connectivity index (χ3v) is 7.54. The van der Waals surface area contributed by atoms with Crippen LogP contribution in [0.3, 0.4) is 0 Å². The predicted octanol–water partition coefficient (Wildman–Crippen LogP) is 5.36. The molecule has 0 aliphatic carbocycles. The van der Waals surface area contributed by atoms with Gasteiger partial charge in [0, 0.05) is 22.8 Å². The van der Waals surface area contributed by atoms with Crippen LogP contribution in [0.1, 0.15) is 16.1 Å². The largest absolute Gasteiger partial charge is 0.321 e. The standard InChI is InChI=1S/C26H21N5O3S2/c1-18-7-9-19(10-8-18)24-17-23(29-31(24)21-5-3-2-4-6-21)25(32)28-20-11-13-22(14-12-20)36(33,34)30-26-27-15-16-35-26/h2-17H,1H3,(H,27,30)(H,28,32). The number of nitrogens with zero attached hydrogens (tertiary/aromatic N) is 3. The smallest absolute Gasteiger partial charge is 0.276 e. The summed E-state index contributed by atoms with van der Waals surface area (Å²) in [5.74, 6) is -0.408. The first-order chi connectivity index (χ1) is 17.4. The fourth-order valence-electron chi connectivity index (χ4n) is 3.55. The molecule has 2 aromatic heterocycles. The maximum Gasteiger partial charge on any atom is 0.276 e. The molecule has 10 heteroatoms. The number of anilines is 2. The van der Waals surface area contributed by atoms with Crippen LogP contribution in [-0.4, -0.2) is 29.1 Å². The van der Waals surface area contributed by atoms with Gasteiger partial charge in [-0.15, -0.1) is 11.3 Å². The third kappa shape index (κ3) is 5.04. The molecule has 36 heavy (non-hydrogen) atoms. The van der Waals surface area contributed by atoms with E-state index in [0.29, 0.717) is 5.69 Å². The van der Waals surface area contributed by atoms with Crippen molar-refractivity contribution in [3.8, 4) is 16.9 Å². The summed E-state index contributed by atoms with van der Waals surface area (Å²) in [4.78, 5) is 17.1. The van der Waals surface area contributed by atoms with Crippen molar-refractivity contribution < 1.29 is 13.2 Å². The molecule has 180 valence electrons. The van der Waals surface area contributed by atoms with Crippen molar-refractivity contribution in [2.45, 2.75) is 11.8 Å². The van der Waals surface area contributed by atoms with Gasteiger partial charge < -0.3 is 5.32 Å². The number of sulfonamides is 1. The lowest BCUT2D eigenvalue weighted by molar-refractivity contribution is 0.102. The zero-order valence-electron chi connectivity index (χ0n) is 19.1. The van der Waals surface area contributed by atoms with Crippen LogP contribution in [0.5, 0.6) is 0 Å². The van der Waals surface area contributed by atoms with E-state index in [1.807, 2.05) is 61.5 Å². The second-order valence-corrected chi connectivity index (χ2v) is 10.5. The summed E-state index contributed by atoms with van der Waals surface area (Å²) in [6, 6.07) is 25.2. The molecular formula is C26H21N5O3S2. The second-order valence-electron chi connectivity index (χ2n) is 7.95. The topological polar surface area (TPSA) is 106 Å². The fourth-order valence-corrected chi connectivity index (χ4v) is 5.34. The molecule has 1 amide bonds. The van der Waals surface area contributed by atoms with Crippen LogP contribution in [0.15, 0.2) is 101 Å². The van der Waals surface area contributed by atoms with Crippen LogP contribution in [-0.2, 0) is 10.0 Å². The number of aromatic nitrogens is 3. The molecule has 0 aliphatic heterocycles. The van der Waals surface area contributed by atoms with E-state index < -0.39 is 15.9 Å². The van der Waals surface area contributed by atoms with E-state index in [1.54, 1.807) is 16.1 Å². The number of para-hydroxylation sites is 1. The third-order valence-electron chi connectivity index (χ3n) is 5.37. The molecule has 0 saturated carbocycles. The Balaban J connectivity index is 1.39. The Morgan fingerprint density at radius 1 is 0.944 bits per heavy atom. The Morgan fingerprint density at radius 2 is 1.67 bits per heavy atom. The molecule has 2 N–H and O–H groups in total. The van der Waals surface area contributed by atoms with Crippen molar-refractivity contribution in [3.05, 3.63) is 108 Å². The molecule has 0 unspecified atom stereocenters. The number of carbonyl (C=O) groups excluding carboxylic acids is 1. The van der Waals surface area contributed by atoms with Crippen LogP contribution in [0, 0.1) is 6.92 Å². The first-order valence-corrected chi connectivity index (χ1v) is 13.3. The molecular weight excluding hydrogens is 494 g/mol. The van der Waals surface area contributed by atoms with Crippen molar-refractivity contribution in [1.82, 2.24) is 14.8 Å². The number of hydrogen-bond donors (Lipinski definition) is 2. The van der Waals surface area contributed by atoms with Gasteiger partial charge in [0.1, 0.15) is 0 Å². The molecule has 0 spiro atoms. The van der Waals surface area contributed by atoms with Crippen LogP contribution >= 0.6 is 11.3 Å². The first kappa shape index (κ1) is 23.5. The zero-order valence-corrected chi connectivity index (χ0v) is 20.8. The number of aryl methyl sites for hydroxylation is 1. The molecule has 3 aromatic carbocycles. The minimum Gasteiger partial charge on any atom is -0.321 e. The van der Waals surface area contributed by atoms with Crippen molar-refractivity contribution >= 4 is 38.1 Å². The van der Waals surface area contributed by atoms with Gasteiger partial charge in [0.15, 0.2) is 10.8 Å². The molecule has 0 fully saturated rings. The summed E-state index contributed by atoms with van der Waals surface area (Å²) in [5.41, 5.74) is 4.35. The normalized spacial score (nSPS) is 11.2. The van der Waals surface area contributed by atoms with Gasteiger partial charge in [0.05, 0.1) is 16.3 Å². The minimum atomic E-state index is -3.78. The van der Waals surface area contributed by atoms with Gasteiger partial charge in [-0.05, 0) is 49.4 Å². The summed E-state index contributed by atoms with van der Waals surface area (Å²) in [6.45, 7) is 2.02. The van der Waals surface area contributed by atoms with E-state index in [4.69, 9.17) is 0 Å². The van der Waals surface area contributed by atoms with Gasteiger partial charge in [-0.3, -0.25) is 9.52 Å². The highest BCUT2D eigenvalue weighted by Gasteiger charge is 2.18. The molecule has 5 aromatic rings. The number of hydrogen-bond acceptors (Lipinski definition) is 6. The Morgan fingerprint density at radius 3 is 2.33 bits per heavy atom. The number of benzene rings is 3. The Kier molecular flexibility index (Phi) is 6.36. The molecule has 0 atom stereocenters. The van der Waals surface area contributed by atoms with Crippen LogP contribution < -0.4 is 10.0 Å². The molecule has 5 rings (SSSR count). The molecule has 0 aliphatic rings. The molecule has 8 nitrogen and oxygen atoms in total. The lowest BCUT2D eigenvalue weighted by Gasteiger charge is -2.08. The minimum absolute atomic E-state index is 0.0608. The SMILES string of the molecule is Cc1ccc(-c2cc(C(=O)Nc3ccc(S(=O)(=O)Nc4nccs4)cc3)nn2-c2ccccc2)cc1. The monoisotopic (exact) mass is 515 g/mol. The van der Waals surface area contributed by atoms with Crippen LogP contribution in [0.25, 0.3) is 16.9 Å². The van der Waals surface area contributed by atoms with Gasteiger partial charge in [-0.1, -0.05) is 48.0 Å². The summed E-state index contributed by atoms with van der Waals surface area (Å²) in [7, 11) is -3.78. The Hall–Kier alpha value is -4.28. The Labute approximate surface area is 212 Å². The van der Waals surface area contributed by atoms with E-state index in [1.165, 1.54) is 41.8 Å². The highest BCUT2D eigenvalue weighted by atomic mass is 32.2. The molecule has 2 heterocycles. The summed E-state index contributed by atoms with van der Waals surface area (Å²) in [6.07, 6.45) is 1.52. The van der Waals surface area contributed by atoms with Crippen LogP contribution in [0.4, 0.5) is 10.8 Å². The highest BCUT2D eigenvalue weighted by Crippen LogP contribution is 2.25. The van der Waals surface area contributed by atoms with E-state index >= 15 is 0 Å². The first-order valence-electron chi connectivity index (χ1n) is 11.0. The maximum absolute atomic E-state index is 13.1. The van der Waals surface area contributed by atoms with E-state index in [-0.39, 0.29) is 15.7 Å². The molecule has 0 bridgehead atoms. The number of rotatable bonds is 7. The van der Waals surface area contributed by atoms with Gasteiger partial charge in [0.25, 0.3) is 15.9 Å². The Bertz CT molecular complexity index is 1590. The summed E-state index contributed by atoms with van der Waals surface area (Å²) < 4.78 is 29.2. The second kappa shape index (κ2) is 9.76. The van der Waals surface area contributed by atoms with E-state index in [0.717, 1.165) is 22.5 Å². The predicted molar refractivity (Wildman–Crippen MR) is 141 cm³/mol. The zero-order chi connectivity index (χ0) is 25.1. The van der Waals surface area contributed by atoms with Gasteiger partial charge in [-0.2, -0.15) is 5.10 Å². The summed E-state index contributed by atoms with van der Waals surface area (Å²) >= 11 is 1.19. The maximum atomic E-state index is 13.1. The average molecular weight is 516 g/mol. The fraction of sp³-hybridized carbons (Fsp3) is 0.0385. The lowest BCUT2D eigenvalue weighted by Crippen LogP contribution is -2.14. The van der Waals surface area contributed by atoms with Gasteiger partial charge in [-0.25, -0.2) is 18.1 Å². The van der Waals surface area contributed by atoms with Crippen molar-refractivity contribution in [2.75, 3.05) is 10.0 Å². The number of amides is 1. The van der Waals surface area contributed by atoms with Crippen molar-refractivity contribution in [1.29, 1.82) is 0 Å². The van der Waals surface area contributed by atoms with Crippen LogP contribution in [0.2, 0.25) is 0 Å². The lowest BCUT2D eigenvalue weighted by atomic mass is 10.1. The highest BCUT2D eigenvalue weighted by molar-refractivity contribution is 7.93. The average Bonchev–Trinajstić information content (AvgIpc) is 3.55. The number of nitrogens with one attached hydrogen (secondary N) is 2. The molecule has 0 saturated heterocycles. The van der Waals surface area contributed by atoms with Crippen molar-refractivity contribution in [3.63, 3.8) is 0 Å². The van der Waals surface area contributed by atoms with E-state index in [9.17, 15) is 13.2 Å². The van der Waals surface area contributed by atoms with Gasteiger partial charge in [0.2, 0.25) is 0 Å². The molecule has 0 radical (unpaired) electrons.